The minimum absolute atomic E-state index is 0.0180. The maximum Gasteiger partial charge on any atom is 0.238 e. The molecule has 2 aromatic carbocycles. The molecule has 3 N–H and O–H groups in total. The third-order valence-electron chi connectivity index (χ3n) is 6.09. The van der Waals surface area contributed by atoms with Crippen LogP contribution in [-0.4, -0.2) is 51.6 Å². The SMILES string of the molecule is C[C@H](C(=O)NCCc1ccc(S(N)(=O)=O)cc1)N1CCC[C@@H]1c1ccc2c(c1)OCCO2. The van der Waals surface area contributed by atoms with E-state index in [1.54, 1.807) is 12.1 Å². The van der Waals surface area contributed by atoms with Crippen molar-refractivity contribution < 1.29 is 22.7 Å². The van der Waals surface area contributed by atoms with Crippen LogP contribution in [0.4, 0.5) is 0 Å². The monoisotopic (exact) mass is 459 g/mol. The van der Waals surface area contributed by atoms with E-state index in [0.717, 1.165) is 42.0 Å². The number of nitrogens with one attached hydrogen (secondary N) is 1. The minimum Gasteiger partial charge on any atom is -0.486 e. The zero-order valence-corrected chi connectivity index (χ0v) is 18.9. The normalized spacial score (nSPS) is 19.5. The molecule has 1 saturated heterocycles. The van der Waals surface area contributed by atoms with Gasteiger partial charge in [-0.2, -0.15) is 0 Å². The lowest BCUT2D eigenvalue weighted by Gasteiger charge is -2.31. The summed E-state index contributed by atoms with van der Waals surface area (Å²) < 4.78 is 34.0. The Morgan fingerprint density at radius 3 is 2.59 bits per heavy atom. The van der Waals surface area contributed by atoms with Crippen LogP contribution in [0, 0.1) is 0 Å². The first-order valence-corrected chi connectivity index (χ1v) is 12.4. The summed E-state index contributed by atoms with van der Waals surface area (Å²) in [5, 5.41) is 8.13. The van der Waals surface area contributed by atoms with Crippen molar-refractivity contribution in [3.05, 3.63) is 53.6 Å². The molecule has 32 heavy (non-hydrogen) atoms. The lowest BCUT2D eigenvalue weighted by Crippen LogP contribution is -2.45. The number of ether oxygens (including phenoxy) is 2. The fourth-order valence-corrected chi connectivity index (χ4v) is 4.87. The van der Waals surface area contributed by atoms with Crippen LogP contribution < -0.4 is 19.9 Å². The van der Waals surface area contributed by atoms with Gasteiger partial charge in [-0.05, 0) is 68.1 Å². The van der Waals surface area contributed by atoms with Gasteiger partial charge >= 0.3 is 0 Å². The van der Waals surface area contributed by atoms with Gasteiger partial charge in [-0.15, -0.1) is 0 Å². The number of nitrogens with two attached hydrogens (primary N) is 1. The molecule has 172 valence electrons. The molecule has 0 aromatic heterocycles. The van der Waals surface area contributed by atoms with Gasteiger partial charge in [0, 0.05) is 12.6 Å². The van der Waals surface area contributed by atoms with Gasteiger partial charge in [-0.1, -0.05) is 18.2 Å². The molecule has 2 aromatic rings. The molecule has 2 aliphatic rings. The van der Waals surface area contributed by atoms with E-state index >= 15 is 0 Å². The van der Waals surface area contributed by atoms with Crippen molar-refractivity contribution in [2.24, 2.45) is 5.14 Å². The van der Waals surface area contributed by atoms with Crippen LogP contribution in [0.3, 0.4) is 0 Å². The Labute approximate surface area is 188 Å². The van der Waals surface area contributed by atoms with E-state index < -0.39 is 10.0 Å². The molecule has 0 unspecified atom stereocenters. The molecular formula is C23H29N3O5S. The Hall–Kier alpha value is -2.62. The van der Waals surface area contributed by atoms with Crippen LogP contribution in [0.1, 0.15) is 36.9 Å². The van der Waals surface area contributed by atoms with Gasteiger partial charge in [0.1, 0.15) is 13.2 Å². The number of benzene rings is 2. The van der Waals surface area contributed by atoms with Crippen molar-refractivity contribution >= 4 is 15.9 Å². The summed E-state index contributed by atoms with van der Waals surface area (Å²) in [6.07, 6.45) is 2.63. The molecular weight excluding hydrogens is 430 g/mol. The second kappa shape index (κ2) is 9.48. The Bertz CT molecular complexity index is 1070. The molecule has 8 nitrogen and oxygen atoms in total. The average molecular weight is 460 g/mol. The van der Waals surface area contributed by atoms with E-state index in [2.05, 4.69) is 16.3 Å². The standard InChI is InChI=1S/C23H29N3O5S/c1-16(23(27)25-11-10-17-4-7-19(8-5-17)32(24,28)29)26-12-2-3-20(26)18-6-9-21-22(15-18)31-14-13-30-21/h4-9,15-16,20H,2-3,10-14H2,1H3,(H,25,27)(H2,24,28,29)/t16-,20-/m1/s1. The van der Waals surface area contributed by atoms with Crippen molar-refractivity contribution in [1.82, 2.24) is 10.2 Å². The summed E-state index contributed by atoms with van der Waals surface area (Å²) in [6.45, 7) is 4.39. The van der Waals surface area contributed by atoms with Crippen LogP contribution in [-0.2, 0) is 21.2 Å². The Morgan fingerprint density at radius 2 is 1.88 bits per heavy atom. The molecule has 0 radical (unpaired) electrons. The first-order valence-electron chi connectivity index (χ1n) is 10.9. The molecule has 1 fully saturated rings. The molecule has 4 rings (SSSR count). The first-order chi connectivity index (χ1) is 15.3. The summed E-state index contributed by atoms with van der Waals surface area (Å²) in [4.78, 5) is 15.1. The highest BCUT2D eigenvalue weighted by molar-refractivity contribution is 7.89. The second-order valence-corrected chi connectivity index (χ2v) is 9.77. The number of carbonyl (C=O) groups excluding carboxylic acids is 1. The minimum atomic E-state index is -3.70. The zero-order chi connectivity index (χ0) is 22.7. The number of rotatable bonds is 7. The zero-order valence-electron chi connectivity index (χ0n) is 18.1. The quantitative estimate of drug-likeness (QED) is 0.655. The molecule has 1 amide bonds. The van der Waals surface area contributed by atoms with Crippen molar-refractivity contribution in [2.75, 3.05) is 26.3 Å². The highest BCUT2D eigenvalue weighted by atomic mass is 32.2. The van der Waals surface area contributed by atoms with E-state index in [9.17, 15) is 13.2 Å². The van der Waals surface area contributed by atoms with Gasteiger partial charge in [-0.25, -0.2) is 13.6 Å². The molecule has 2 heterocycles. The lowest BCUT2D eigenvalue weighted by atomic mass is 10.0. The van der Waals surface area contributed by atoms with E-state index in [4.69, 9.17) is 14.6 Å². The number of likely N-dealkylation sites (tertiary alicyclic amines) is 1. The first kappa shape index (κ1) is 22.6. The number of sulfonamides is 1. The van der Waals surface area contributed by atoms with Crippen molar-refractivity contribution in [2.45, 2.75) is 43.2 Å². The Kier molecular flexibility index (Phi) is 6.68. The summed E-state index contributed by atoms with van der Waals surface area (Å²) in [5.41, 5.74) is 2.07. The molecule has 0 aliphatic carbocycles. The summed E-state index contributed by atoms with van der Waals surface area (Å²) in [7, 11) is -3.70. The van der Waals surface area contributed by atoms with Gasteiger partial charge in [0.2, 0.25) is 15.9 Å². The third kappa shape index (κ3) is 5.06. The number of fused-ring (bicyclic) bond motifs is 1. The fourth-order valence-electron chi connectivity index (χ4n) is 4.35. The summed E-state index contributed by atoms with van der Waals surface area (Å²) in [5.74, 6) is 1.52. The molecule has 2 atom stereocenters. The van der Waals surface area contributed by atoms with Crippen LogP contribution >= 0.6 is 0 Å². The maximum atomic E-state index is 12.8. The Balaban J connectivity index is 1.34. The number of amides is 1. The average Bonchev–Trinajstić information content (AvgIpc) is 3.28. The smallest absolute Gasteiger partial charge is 0.238 e. The number of primary sulfonamides is 1. The fraction of sp³-hybridized carbons (Fsp3) is 0.435. The number of carbonyl (C=O) groups is 1. The van der Waals surface area contributed by atoms with Crippen molar-refractivity contribution in [3.63, 3.8) is 0 Å². The second-order valence-electron chi connectivity index (χ2n) is 8.20. The molecule has 9 heteroatoms. The van der Waals surface area contributed by atoms with Crippen LogP contribution in [0.25, 0.3) is 0 Å². The van der Waals surface area contributed by atoms with Crippen LogP contribution in [0.2, 0.25) is 0 Å². The summed E-state index contributed by atoms with van der Waals surface area (Å²) >= 11 is 0. The topological polar surface area (TPSA) is 111 Å². The molecule has 0 spiro atoms. The largest absolute Gasteiger partial charge is 0.486 e. The summed E-state index contributed by atoms with van der Waals surface area (Å²) in [6, 6.07) is 12.3. The van der Waals surface area contributed by atoms with E-state index in [-0.39, 0.29) is 22.9 Å². The van der Waals surface area contributed by atoms with E-state index in [1.807, 2.05) is 19.1 Å². The van der Waals surface area contributed by atoms with Gasteiger partial charge in [0.15, 0.2) is 11.5 Å². The van der Waals surface area contributed by atoms with Gasteiger partial charge in [0.05, 0.1) is 10.9 Å². The molecule has 2 aliphatic heterocycles. The van der Waals surface area contributed by atoms with Crippen LogP contribution in [0.5, 0.6) is 11.5 Å². The van der Waals surface area contributed by atoms with Crippen molar-refractivity contribution in [3.8, 4) is 11.5 Å². The van der Waals surface area contributed by atoms with Crippen LogP contribution in [0.15, 0.2) is 47.4 Å². The number of nitrogens with zero attached hydrogens (tertiary/aromatic N) is 1. The van der Waals surface area contributed by atoms with Crippen molar-refractivity contribution in [1.29, 1.82) is 0 Å². The maximum absolute atomic E-state index is 12.8. The predicted octanol–water partition coefficient (Wildman–Crippen LogP) is 1.99. The van der Waals surface area contributed by atoms with E-state index in [1.165, 1.54) is 12.1 Å². The van der Waals surface area contributed by atoms with Gasteiger partial charge < -0.3 is 14.8 Å². The van der Waals surface area contributed by atoms with Gasteiger partial charge in [0.25, 0.3) is 0 Å². The predicted molar refractivity (Wildman–Crippen MR) is 120 cm³/mol. The van der Waals surface area contributed by atoms with E-state index in [0.29, 0.717) is 26.2 Å². The highest BCUT2D eigenvalue weighted by Crippen LogP contribution is 2.38. The highest BCUT2D eigenvalue weighted by Gasteiger charge is 2.33. The molecule has 0 bridgehead atoms. The number of hydrogen-bond donors (Lipinski definition) is 2. The molecule has 0 saturated carbocycles. The van der Waals surface area contributed by atoms with Gasteiger partial charge in [-0.3, -0.25) is 9.69 Å². The Morgan fingerprint density at radius 1 is 1.16 bits per heavy atom. The number of hydrogen-bond acceptors (Lipinski definition) is 6. The lowest BCUT2D eigenvalue weighted by molar-refractivity contribution is -0.126. The third-order valence-corrected chi connectivity index (χ3v) is 7.02.